The van der Waals surface area contributed by atoms with Gasteiger partial charge in [0, 0.05) is 41.6 Å². The Morgan fingerprint density at radius 1 is 0.960 bits per heavy atom. The predicted octanol–water partition coefficient (Wildman–Crippen LogP) is 4.40. The molecule has 1 aliphatic heterocycles. The molecule has 0 spiro atoms. The van der Waals surface area contributed by atoms with E-state index in [2.05, 4.69) is 59.3 Å². The lowest BCUT2D eigenvalue weighted by atomic mass is 10.2. The lowest BCUT2D eigenvalue weighted by Gasteiger charge is -2.14. The normalized spacial score (nSPS) is 14.3. The first kappa shape index (κ1) is 16.3. The Bertz CT molecular complexity index is 866. The molecule has 3 aromatic rings. The monoisotopic (exact) mass is 350 g/mol. The molecule has 4 rings (SSSR count). The summed E-state index contributed by atoms with van der Waals surface area (Å²) < 4.78 is 2.29. The van der Waals surface area contributed by atoms with Crippen molar-refractivity contribution in [3.63, 3.8) is 0 Å². The minimum Gasteiger partial charge on any atom is -0.342 e. The molecule has 0 aliphatic carbocycles. The van der Waals surface area contributed by atoms with Crippen LogP contribution in [0, 0.1) is 0 Å². The van der Waals surface area contributed by atoms with E-state index in [-0.39, 0.29) is 5.91 Å². The van der Waals surface area contributed by atoms with Crippen molar-refractivity contribution in [1.29, 1.82) is 0 Å². The summed E-state index contributed by atoms with van der Waals surface area (Å²) in [6.45, 7) is 2.70. The highest BCUT2D eigenvalue weighted by Crippen LogP contribution is 2.31. The van der Waals surface area contributed by atoms with E-state index in [1.165, 1.54) is 21.4 Å². The molecule has 1 fully saturated rings. The number of fused-ring (bicyclic) bond motifs is 1. The molecule has 2 heterocycles. The van der Waals surface area contributed by atoms with Gasteiger partial charge >= 0.3 is 0 Å². The van der Waals surface area contributed by atoms with Gasteiger partial charge in [0.1, 0.15) is 0 Å². The predicted molar refractivity (Wildman–Crippen MR) is 104 cm³/mol. The van der Waals surface area contributed by atoms with Gasteiger partial charge in [0.15, 0.2) is 0 Å². The Balaban J connectivity index is 1.55. The molecule has 1 amide bonds. The number of nitrogens with zero attached hydrogens (tertiary/aromatic N) is 2. The van der Waals surface area contributed by atoms with Gasteiger partial charge in [-0.25, -0.2) is 0 Å². The highest BCUT2D eigenvalue weighted by atomic mass is 32.2. The van der Waals surface area contributed by atoms with Crippen LogP contribution in [0.25, 0.3) is 10.9 Å². The average Bonchev–Trinajstić information content (AvgIpc) is 3.30. The SMILES string of the molecule is O=C(CSc1cn(Cc2ccccc2)c2ccccc12)N1CCCC1. The van der Waals surface area contributed by atoms with Crippen molar-refractivity contribution in [2.45, 2.75) is 24.3 Å². The van der Waals surface area contributed by atoms with Crippen molar-refractivity contribution in [3.05, 3.63) is 66.4 Å². The molecule has 0 atom stereocenters. The molecule has 1 aliphatic rings. The van der Waals surface area contributed by atoms with E-state index in [0.29, 0.717) is 5.75 Å². The van der Waals surface area contributed by atoms with Crippen LogP contribution in [-0.4, -0.2) is 34.2 Å². The van der Waals surface area contributed by atoms with Crippen LogP contribution in [0.2, 0.25) is 0 Å². The highest BCUT2D eigenvalue weighted by molar-refractivity contribution is 8.00. The first-order chi connectivity index (χ1) is 12.3. The van der Waals surface area contributed by atoms with E-state index in [0.717, 1.165) is 32.5 Å². The zero-order valence-electron chi connectivity index (χ0n) is 14.2. The van der Waals surface area contributed by atoms with Gasteiger partial charge in [-0.2, -0.15) is 0 Å². The van der Waals surface area contributed by atoms with Crippen molar-refractivity contribution in [1.82, 2.24) is 9.47 Å². The molecule has 25 heavy (non-hydrogen) atoms. The molecule has 0 radical (unpaired) electrons. The van der Waals surface area contributed by atoms with Crippen LogP contribution in [0.15, 0.2) is 65.7 Å². The van der Waals surface area contributed by atoms with E-state index >= 15 is 0 Å². The van der Waals surface area contributed by atoms with E-state index in [4.69, 9.17) is 0 Å². The number of aromatic nitrogens is 1. The van der Waals surface area contributed by atoms with E-state index in [1.807, 2.05) is 11.0 Å². The molecular weight excluding hydrogens is 328 g/mol. The number of hydrogen-bond acceptors (Lipinski definition) is 2. The maximum absolute atomic E-state index is 12.4. The maximum atomic E-state index is 12.4. The number of carbonyl (C=O) groups is 1. The Kier molecular flexibility index (Phi) is 4.79. The molecule has 1 aromatic heterocycles. The van der Waals surface area contributed by atoms with Gasteiger partial charge in [0.25, 0.3) is 0 Å². The number of amides is 1. The molecule has 2 aromatic carbocycles. The van der Waals surface area contributed by atoms with Gasteiger partial charge in [0.05, 0.1) is 5.75 Å². The summed E-state index contributed by atoms with van der Waals surface area (Å²) in [5.41, 5.74) is 2.51. The van der Waals surface area contributed by atoms with Crippen LogP contribution in [0.5, 0.6) is 0 Å². The largest absolute Gasteiger partial charge is 0.342 e. The van der Waals surface area contributed by atoms with Crippen molar-refractivity contribution in [2.75, 3.05) is 18.8 Å². The third-order valence-corrected chi connectivity index (χ3v) is 5.79. The molecule has 0 unspecified atom stereocenters. The number of para-hydroxylation sites is 1. The van der Waals surface area contributed by atoms with Gasteiger partial charge in [-0.15, -0.1) is 11.8 Å². The lowest BCUT2D eigenvalue weighted by Crippen LogP contribution is -2.29. The third-order valence-electron chi connectivity index (χ3n) is 4.76. The molecule has 1 saturated heterocycles. The summed E-state index contributed by atoms with van der Waals surface area (Å²) in [7, 11) is 0. The fourth-order valence-corrected chi connectivity index (χ4v) is 4.43. The summed E-state index contributed by atoms with van der Waals surface area (Å²) in [6.07, 6.45) is 4.49. The van der Waals surface area contributed by atoms with Gasteiger partial charge in [-0.1, -0.05) is 48.5 Å². The van der Waals surface area contributed by atoms with Gasteiger partial charge in [-0.3, -0.25) is 4.79 Å². The molecule has 128 valence electrons. The number of carbonyl (C=O) groups excluding carboxylic acids is 1. The number of rotatable bonds is 5. The lowest BCUT2D eigenvalue weighted by molar-refractivity contribution is -0.127. The van der Waals surface area contributed by atoms with E-state index in [1.54, 1.807) is 11.8 Å². The second-order valence-corrected chi connectivity index (χ2v) is 7.52. The second kappa shape index (κ2) is 7.36. The second-order valence-electron chi connectivity index (χ2n) is 6.50. The zero-order valence-corrected chi connectivity index (χ0v) is 15.0. The summed E-state index contributed by atoms with van der Waals surface area (Å²) in [5, 5.41) is 1.23. The summed E-state index contributed by atoms with van der Waals surface area (Å²) in [4.78, 5) is 15.5. The van der Waals surface area contributed by atoms with Crippen molar-refractivity contribution in [2.24, 2.45) is 0 Å². The summed E-state index contributed by atoms with van der Waals surface area (Å²) in [5.74, 6) is 0.793. The van der Waals surface area contributed by atoms with Crippen LogP contribution in [0.1, 0.15) is 18.4 Å². The standard InChI is InChI=1S/C21H22N2OS/c24-21(22-12-6-7-13-22)16-25-20-15-23(14-17-8-2-1-3-9-17)19-11-5-4-10-18(19)20/h1-5,8-11,15H,6-7,12-14,16H2. The van der Waals surface area contributed by atoms with E-state index in [9.17, 15) is 4.79 Å². The number of likely N-dealkylation sites (tertiary alicyclic amines) is 1. The fraction of sp³-hybridized carbons (Fsp3) is 0.286. The minimum absolute atomic E-state index is 0.266. The van der Waals surface area contributed by atoms with Crippen LogP contribution in [0.3, 0.4) is 0 Å². The van der Waals surface area contributed by atoms with Gasteiger partial charge < -0.3 is 9.47 Å². The summed E-state index contributed by atoms with van der Waals surface area (Å²) >= 11 is 1.66. The van der Waals surface area contributed by atoms with Crippen molar-refractivity contribution >= 4 is 28.6 Å². The third kappa shape index (κ3) is 3.59. The first-order valence-corrected chi connectivity index (χ1v) is 9.82. The number of thioether (sulfide) groups is 1. The van der Waals surface area contributed by atoms with Crippen LogP contribution in [-0.2, 0) is 11.3 Å². The van der Waals surface area contributed by atoms with Crippen molar-refractivity contribution < 1.29 is 4.79 Å². The molecule has 4 heteroatoms. The quantitative estimate of drug-likeness (QED) is 0.637. The number of benzene rings is 2. The molecule has 0 N–H and O–H groups in total. The molecule has 0 saturated carbocycles. The minimum atomic E-state index is 0.266. The molecule has 0 bridgehead atoms. The summed E-state index contributed by atoms with van der Waals surface area (Å²) in [6, 6.07) is 19.0. The van der Waals surface area contributed by atoms with Crippen LogP contribution >= 0.6 is 11.8 Å². The topological polar surface area (TPSA) is 25.2 Å². The first-order valence-electron chi connectivity index (χ1n) is 8.83. The van der Waals surface area contributed by atoms with E-state index < -0.39 is 0 Å². The van der Waals surface area contributed by atoms with Gasteiger partial charge in [0.2, 0.25) is 5.91 Å². The molecular formula is C21H22N2OS. The van der Waals surface area contributed by atoms with Crippen LogP contribution in [0.4, 0.5) is 0 Å². The Morgan fingerprint density at radius 2 is 1.68 bits per heavy atom. The molecule has 3 nitrogen and oxygen atoms in total. The Labute approximate surface area is 152 Å². The Hall–Kier alpha value is -2.20. The van der Waals surface area contributed by atoms with Crippen molar-refractivity contribution in [3.8, 4) is 0 Å². The van der Waals surface area contributed by atoms with Gasteiger partial charge in [-0.05, 0) is 24.5 Å². The smallest absolute Gasteiger partial charge is 0.232 e. The van der Waals surface area contributed by atoms with Crippen LogP contribution < -0.4 is 0 Å². The maximum Gasteiger partial charge on any atom is 0.232 e. The average molecular weight is 350 g/mol. The zero-order chi connectivity index (χ0) is 17.1. The number of hydrogen-bond donors (Lipinski definition) is 0. The Morgan fingerprint density at radius 3 is 2.48 bits per heavy atom. The highest BCUT2D eigenvalue weighted by Gasteiger charge is 2.18. The fourth-order valence-electron chi connectivity index (χ4n) is 3.44.